The van der Waals surface area contributed by atoms with Crippen LogP contribution in [0.4, 0.5) is 0 Å². The molecule has 3 aromatic rings. The molecular weight excluding hydrogens is 324 g/mol. The number of amidine groups is 1. The fourth-order valence-electron chi connectivity index (χ4n) is 2.71. The fourth-order valence-corrected chi connectivity index (χ4v) is 3.76. The number of benzene rings is 2. The van der Waals surface area contributed by atoms with Crippen LogP contribution in [0.3, 0.4) is 0 Å². The smallest absolute Gasteiger partial charge is 0.128 e. The minimum Gasteiger partial charge on any atom is -0.368 e. The second kappa shape index (κ2) is 6.19. The Morgan fingerprint density at radius 1 is 0.783 bits per heavy atom. The van der Waals surface area contributed by atoms with Gasteiger partial charge in [-0.3, -0.25) is 4.99 Å². The Hall–Kier alpha value is -2.10. The molecular formula is C19H15ClN2S. The van der Waals surface area contributed by atoms with Gasteiger partial charge < -0.3 is 5.32 Å². The molecule has 0 spiro atoms. The van der Waals surface area contributed by atoms with Crippen LogP contribution in [0.2, 0.25) is 4.34 Å². The lowest BCUT2D eigenvalue weighted by Gasteiger charge is -2.06. The average Bonchev–Trinajstić information content (AvgIpc) is 3.27. The van der Waals surface area contributed by atoms with Crippen molar-refractivity contribution in [1.29, 1.82) is 0 Å². The molecule has 0 amide bonds. The van der Waals surface area contributed by atoms with E-state index in [1.807, 2.05) is 6.07 Å². The molecule has 114 valence electrons. The van der Waals surface area contributed by atoms with Gasteiger partial charge in [-0.2, -0.15) is 0 Å². The summed E-state index contributed by atoms with van der Waals surface area (Å²) in [5, 5.41) is 3.30. The summed E-state index contributed by atoms with van der Waals surface area (Å²) in [4.78, 5) is 5.65. The minimum absolute atomic E-state index is 0.822. The molecule has 0 radical (unpaired) electrons. The summed E-state index contributed by atoms with van der Waals surface area (Å²) in [5.74, 6) is 1.00. The van der Waals surface area contributed by atoms with Gasteiger partial charge in [0.2, 0.25) is 0 Å². The van der Waals surface area contributed by atoms with Crippen LogP contribution in [-0.4, -0.2) is 18.9 Å². The number of thiophene rings is 1. The first-order chi connectivity index (χ1) is 11.3. The Labute approximate surface area is 144 Å². The summed E-state index contributed by atoms with van der Waals surface area (Å²) in [7, 11) is 0. The Bertz CT molecular complexity index is 848. The summed E-state index contributed by atoms with van der Waals surface area (Å²) < 4.78 is 0.822. The molecule has 0 saturated carbocycles. The van der Waals surface area contributed by atoms with E-state index in [0.717, 1.165) is 28.8 Å². The van der Waals surface area contributed by atoms with Crippen molar-refractivity contribution in [3.05, 3.63) is 70.6 Å². The maximum Gasteiger partial charge on any atom is 0.128 e. The lowest BCUT2D eigenvalue weighted by molar-refractivity contribution is 0.960. The van der Waals surface area contributed by atoms with Crippen LogP contribution >= 0.6 is 22.9 Å². The van der Waals surface area contributed by atoms with Gasteiger partial charge in [-0.25, -0.2) is 0 Å². The number of aliphatic imine (C=N–C) groups is 1. The zero-order valence-corrected chi connectivity index (χ0v) is 14.0. The number of halogens is 1. The quantitative estimate of drug-likeness (QED) is 0.707. The predicted octanol–water partition coefficient (Wildman–Crippen LogP) is 5.09. The molecule has 2 aromatic carbocycles. The Morgan fingerprint density at radius 3 is 1.91 bits per heavy atom. The van der Waals surface area contributed by atoms with Gasteiger partial charge in [0.25, 0.3) is 0 Å². The molecule has 0 fully saturated rings. The van der Waals surface area contributed by atoms with Crippen molar-refractivity contribution in [1.82, 2.24) is 5.32 Å². The maximum absolute atomic E-state index is 6.01. The Kier molecular flexibility index (Phi) is 3.90. The molecule has 0 aliphatic carbocycles. The van der Waals surface area contributed by atoms with Crippen molar-refractivity contribution in [3.8, 4) is 21.6 Å². The predicted molar refractivity (Wildman–Crippen MR) is 99.6 cm³/mol. The van der Waals surface area contributed by atoms with Gasteiger partial charge in [0.1, 0.15) is 5.84 Å². The lowest BCUT2D eigenvalue weighted by Crippen LogP contribution is -2.19. The zero-order valence-electron chi connectivity index (χ0n) is 12.4. The first-order valence-electron chi connectivity index (χ1n) is 7.54. The highest BCUT2D eigenvalue weighted by Crippen LogP contribution is 2.32. The summed E-state index contributed by atoms with van der Waals surface area (Å²) in [6, 6.07) is 21.2. The van der Waals surface area contributed by atoms with Crippen LogP contribution in [0.1, 0.15) is 5.56 Å². The van der Waals surface area contributed by atoms with E-state index in [4.69, 9.17) is 11.6 Å². The average molecular weight is 339 g/mol. The van der Waals surface area contributed by atoms with Crippen LogP contribution in [0.25, 0.3) is 21.6 Å². The highest BCUT2D eigenvalue weighted by molar-refractivity contribution is 7.19. The molecule has 4 rings (SSSR count). The molecule has 1 aliphatic heterocycles. The second-order valence-electron chi connectivity index (χ2n) is 5.42. The van der Waals surface area contributed by atoms with Crippen LogP contribution in [-0.2, 0) is 0 Å². The van der Waals surface area contributed by atoms with Gasteiger partial charge in [0.15, 0.2) is 0 Å². The lowest BCUT2D eigenvalue weighted by atomic mass is 10.0. The third kappa shape index (κ3) is 3.03. The summed E-state index contributed by atoms with van der Waals surface area (Å²) in [6.07, 6.45) is 0. The molecule has 23 heavy (non-hydrogen) atoms. The van der Waals surface area contributed by atoms with Crippen molar-refractivity contribution >= 4 is 28.8 Å². The molecule has 2 nitrogen and oxygen atoms in total. The minimum atomic E-state index is 0.822. The van der Waals surface area contributed by atoms with E-state index in [2.05, 4.69) is 64.9 Å². The molecule has 1 aromatic heterocycles. The van der Waals surface area contributed by atoms with Crippen molar-refractivity contribution in [3.63, 3.8) is 0 Å². The SMILES string of the molecule is Clc1ccc(-c2ccc(-c3ccc(C4=NCCN4)cc3)cc2)s1. The highest BCUT2D eigenvalue weighted by atomic mass is 35.5. The van der Waals surface area contributed by atoms with E-state index in [0.29, 0.717) is 0 Å². The topological polar surface area (TPSA) is 24.4 Å². The van der Waals surface area contributed by atoms with Gasteiger partial charge in [-0.05, 0) is 28.8 Å². The first-order valence-corrected chi connectivity index (χ1v) is 8.74. The molecule has 1 aliphatic rings. The van der Waals surface area contributed by atoms with Gasteiger partial charge >= 0.3 is 0 Å². The fraction of sp³-hybridized carbons (Fsp3) is 0.105. The van der Waals surface area contributed by atoms with E-state index < -0.39 is 0 Å². The highest BCUT2D eigenvalue weighted by Gasteiger charge is 2.08. The Balaban J connectivity index is 1.58. The number of nitrogens with zero attached hydrogens (tertiary/aromatic N) is 1. The second-order valence-corrected chi connectivity index (χ2v) is 7.13. The molecule has 1 N–H and O–H groups in total. The van der Waals surface area contributed by atoms with Crippen molar-refractivity contribution in [2.75, 3.05) is 13.1 Å². The Morgan fingerprint density at radius 2 is 1.39 bits per heavy atom. The van der Waals surface area contributed by atoms with E-state index in [1.54, 1.807) is 11.3 Å². The van der Waals surface area contributed by atoms with Crippen LogP contribution in [0, 0.1) is 0 Å². The van der Waals surface area contributed by atoms with E-state index in [9.17, 15) is 0 Å². The molecule has 0 unspecified atom stereocenters. The molecule has 0 atom stereocenters. The third-order valence-corrected chi connectivity index (χ3v) is 5.19. The monoisotopic (exact) mass is 338 g/mol. The van der Waals surface area contributed by atoms with E-state index >= 15 is 0 Å². The summed E-state index contributed by atoms with van der Waals surface area (Å²) in [5.41, 5.74) is 4.77. The van der Waals surface area contributed by atoms with Crippen molar-refractivity contribution in [2.45, 2.75) is 0 Å². The summed E-state index contributed by atoms with van der Waals surface area (Å²) in [6.45, 7) is 1.80. The summed E-state index contributed by atoms with van der Waals surface area (Å²) >= 11 is 7.61. The number of rotatable bonds is 3. The van der Waals surface area contributed by atoms with Gasteiger partial charge in [-0.1, -0.05) is 60.1 Å². The van der Waals surface area contributed by atoms with Crippen molar-refractivity contribution < 1.29 is 0 Å². The van der Waals surface area contributed by atoms with Gasteiger partial charge in [-0.15, -0.1) is 11.3 Å². The number of nitrogens with one attached hydrogen (secondary N) is 1. The standard InChI is InChI=1S/C19H15ClN2S/c20-18-10-9-17(23-18)15-5-1-13(2-6-15)14-3-7-16(8-4-14)19-21-11-12-22-19/h1-10H,11-12H2,(H,21,22). The maximum atomic E-state index is 6.01. The van der Waals surface area contributed by atoms with E-state index in [1.165, 1.54) is 21.6 Å². The first kappa shape index (κ1) is 14.5. The van der Waals surface area contributed by atoms with Crippen LogP contribution < -0.4 is 5.32 Å². The molecule has 2 heterocycles. The number of hydrogen-bond acceptors (Lipinski definition) is 3. The largest absolute Gasteiger partial charge is 0.368 e. The number of hydrogen-bond donors (Lipinski definition) is 1. The van der Waals surface area contributed by atoms with Crippen molar-refractivity contribution in [2.24, 2.45) is 4.99 Å². The molecule has 4 heteroatoms. The molecule has 0 bridgehead atoms. The normalized spacial score (nSPS) is 13.7. The van der Waals surface area contributed by atoms with Crippen LogP contribution in [0.15, 0.2) is 65.7 Å². The van der Waals surface area contributed by atoms with Gasteiger partial charge in [0, 0.05) is 17.0 Å². The van der Waals surface area contributed by atoms with Crippen LogP contribution in [0.5, 0.6) is 0 Å². The van der Waals surface area contributed by atoms with E-state index in [-0.39, 0.29) is 0 Å². The van der Waals surface area contributed by atoms with Gasteiger partial charge in [0.05, 0.1) is 10.9 Å². The zero-order chi connectivity index (χ0) is 15.6. The molecule has 0 saturated heterocycles. The third-order valence-electron chi connectivity index (χ3n) is 3.91.